The quantitative estimate of drug-likeness (QED) is 0.128. The summed E-state index contributed by atoms with van der Waals surface area (Å²) in [6, 6.07) is 79.3. The van der Waals surface area contributed by atoms with E-state index in [0.717, 1.165) is 67.3 Å². The summed E-state index contributed by atoms with van der Waals surface area (Å²) in [7, 11) is 0. The lowest BCUT2D eigenvalue weighted by atomic mass is 9.81. The first-order valence-corrected chi connectivity index (χ1v) is 26.4. The van der Waals surface area contributed by atoms with E-state index in [1.165, 1.54) is 66.8 Å². The Morgan fingerprint density at radius 1 is 0.316 bits per heavy atom. The van der Waals surface area contributed by atoms with Gasteiger partial charge in [0.2, 0.25) is 0 Å². The molecule has 366 valence electrons. The molecular weight excluding hydrogens is 921 g/mol. The Kier molecular flexibility index (Phi) is 11.3. The SMILES string of the molecule is Cc1cccc(N(c2ccc3c(c2)C(C)(C)c2cc(C=Cc4ccc(C=Cc5ccc6c(c5)C(C)(C)c5cc(N(c7cccc(C)c7)c7ccc8ccccc8n7)ccc5-6)cc4)ccc2-3)c2ccc3ccccc3n2)c1. The molecule has 76 heavy (non-hydrogen) atoms. The third-order valence-corrected chi connectivity index (χ3v) is 15.9. The van der Waals surface area contributed by atoms with Crippen LogP contribution in [0.25, 0.3) is 68.4 Å². The second kappa shape index (κ2) is 18.4. The van der Waals surface area contributed by atoms with Crippen LogP contribution >= 0.6 is 0 Å². The van der Waals surface area contributed by atoms with Crippen LogP contribution < -0.4 is 9.80 Å². The Balaban J connectivity index is 0.723. The fourth-order valence-electron chi connectivity index (χ4n) is 11.8. The first-order valence-electron chi connectivity index (χ1n) is 26.4. The molecule has 11 aromatic rings. The van der Waals surface area contributed by atoms with Crippen molar-refractivity contribution in [2.24, 2.45) is 0 Å². The molecule has 0 N–H and O–H groups in total. The number of pyridine rings is 2. The summed E-state index contributed by atoms with van der Waals surface area (Å²) >= 11 is 0. The Labute approximate surface area is 446 Å². The van der Waals surface area contributed by atoms with E-state index in [0.29, 0.717) is 0 Å². The summed E-state index contributed by atoms with van der Waals surface area (Å²) in [5, 5.41) is 2.26. The van der Waals surface area contributed by atoms with Crippen LogP contribution in [-0.2, 0) is 10.8 Å². The molecule has 0 fully saturated rings. The van der Waals surface area contributed by atoms with Crippen molar-refractivity contribution in [2.45, 2.75) is 52.4 Å². The number of hydrogen-bond acceptors (Lipinski definition) is 4. The number of hydrogen-bond donors (Lipinski definition) is 0. The van der Waals surface area contributed by atoms with Crippen LogP contribution in [-0.4, -0.2) is 9.97 Å². The lowest BCUT2D eigenvalue weighted by Gasteiger charge is -2.27. The highest BCUT2D eigenvalue weighted by Crippen LogP contribution is 2.53. The monoisotopic (exact) mass is 978 g/mol. The van der Waals surface area contributed by atoms with Gasteiger partial charge in [-0.1, -0.05) is 185 Å². The number of anilines is 6. The summed E-state index contributed by atoms with van der Waals surface area (Å²) in [6.07, 6.45) is 8.94. The topological polar surface area (TPSA) is 32.3 Å². The van der Waals surface area contributed by atoms with E-state index in [9.17, 15) is 0 Å². The fourth-order valence-corrected chi connectivity index (χ4v) is 11.8. The number of nitrogens with zero attached hydrogens (tertiary/aromatic N) is 4. The van der Waals surface area contributed by atoms with Gasteiger partial charge >= 0.3 is 0 Å². The number of aromatic nitrogens is 2. The van der Waals surface area contributed by atoms with Gasteiger partial charge in [-0.05, 0) is 177 Å². The maximum atomic E-state index is 5.17. The van der Waals surface area contributed by atoms with Gasteiger partial charge in [0, 0.05) is 44.4 Å². The van der Waals surface area contributed by atoms with Gasteiger partial charge in [-0.25, -0.2) is 9.97 Å². The van der Waals surface area contributed by atoms with Gasteiger partial charge in [-0.15, -0.1) is 0 Å². The van der Waals surface area contributed by atoms with Crippen molar-refractivity contribution in [3.05, 3.63) is 274 Å². The van der Waals surface area contributed by atoms with Crippen LogP contribution in [0.15, 0.2) is 218 Å². The summed E-state index contributed by atoms with van der Waals surface area (Å²) in [5.41, 5.74) is 23.6. The highest BCUT2D eigenvalue weighted by molar-refractivity contribution is 5.90. The zero-order valence-corrected chi connectivity index (χ0v) is 43.9. The lowest BCUT2D eigenvalue weighted by molar-refractivity contribution is 0.660. The molecule has 0 saturated heterocycles. The van der Waals surface area contributed by atoms with Crippen molar-refractivity contribution >= 4 is 80.5 Å². The minimum Gasteiger partial charge on any atom is -0.295 e. The number of rotatable bonds is 10. The Bertz CT molecular complexity index is 3890. The van der Waals surface area contributed by atoms with Crippen molar-refractivity contribution in [1.29, 1.82) is 0 Å². The maximum Gasteiger partial charge on any atom is 0.138 e. The predicted octanol–water partition coefficient (Wildman–Crippen LogP) is 19.3. The average molecular weight is 979 g/mol. The van der Waals surface area contributed by atoms with E-state index in [4.69, 9.17) is 9.97 Å². The largest absolute Gasteiger partial charge is 0.295 e. The molecule has 9 aromatic carbocycles. The van der Waals surface area contributed by atoms with Crippen LogP contribution in [0.5, 0.6) is 0 Å². The minimum atomic E-state index is -0.198. The van der Waals surface area contributed by atoms with Gasteiger partial charge in [0.05, 0.1) is 11.0 Å². The molecule has 2 aliphatic carbocycles. The van der Waals surface area contributed by atoms with E-state index < -0.39 is 0 Å². The Morgan fingerprint density at radius 2 is 0.671 bits per heavy atom. The molecule has 0 radical (unpaired) electrons. The molecule has 4 heteroatoms. The van der Waals surface area contributed by atoms with Crippen LogP contribution in [0.1, 0.15) is 83.3 Å². The van der Waals surface area contributed by atoms with Crippen molar-refractivity contribution in [3.8, 4) is 22.3 Å². The molecule has 0 aliphatic heterocycles. The number of benzene rings is 9. The molecular formula is C72H58N4. The van der Waals surface area contributed by atoms with E-state index in [1.54, 1.807) is 0 Å². The summed E-state index contributed by atoms with van der Waals surface area (Å²) in [6.45, 7) is 13.7. The first kappa shape index (κ1) is 46.7. The number of aryl methyl sites for hydroxylation is 2. The molecule has 2 aliphatic rings. The molecule has 0 atom stereocenters. The van der Waals surface area contributed by atoms with Crippen molar-refractivity contribution in [2.75, 3.05) is 9.80 Å². The van der Waals surface area contributed by atoms with Gasteiger partial charge in [-0.2, -0.15) is 0 Å². The van der Waals surface area contributed by atoms with Gasteiger partial charge in [0.15, 0.2) is 0 Å². The molecule has 2 aromatic heterocycles. The molecule has 0 bridgehead atoms. The summed E-state index contributed by atoms with van der Waals surface area (Å²) in [5.74, 6) is 1.80. The molecule has 0 amide bonds. The van der Waals surface area contributed by atoms with Crippen LogP contribution in [0.3, 0.4) is 0 Å². The van der Waals surface area contributed by atoms with Crippen molar-refractivity contribution < 1.29 is 0 Å². The van der Waals surface area contributed by atoms with E-state index >= 15 is 0 Å². The molecule has 0 saturated carbocycles. The molecule has 0 spiro atoms. The molecule has 2 heterocycles. The third kappa shape index (κ3) is 8.27. The molecule has 4 nitrogen and oxygen atoms in total. The van der Waals surface area contributed by atoms with Gasteiger partial charge in [0.25, 0.3) is 0 Å². The van der Waals surface area contributed by atoms with E-state index in [-0.39, 0.29) is 10.8 Å². The zero-order chi connectivity index (χ0) is 51.7. The highest BCUT2D eigenvalue weighted by Gasteiger charge is 2.38. The number of fused-ring (bicyclic) bond motifs is 8. The van der Waals surface area contributed by atoms with Gasteiger partial charge < -0.3 is 0 Å². The summed E-state index contributed by atoms with van der Waals surface area (Å²) in [4.78, 5) is 14.9. The van der Waals surface area contributed by atoms with Crippen molar-refractivity contribution in [3.63, 3.8) is 0 Å². The highest BCUT2D eigenvalue weighted by atomic mass is 15.2. The third-order valence-electron chi connectivity index (χ3n) is 15.9. The minimum absolute atomic E-state index is 0.198. The average Bonchev–Trinajstić information content (AvgIpc) is 3.95. The molecule has 0 unspecified atom stereocenters. The number of para-hydroxylation sites is 2. The second-order valence-electron chi connectivity index (χ2n) is 21.7. The smallest absolute Gasteiger partial charge is 0.138 e. The first-order chi connectivity index (χ1) is 36.9. The van der Waals surface area contributed by atoms with Gasteiger partial charge in [-0.3, -0.25) is 9.80 Å². The van der Waals surface area contributed by atoms with E-state index in [2.05, 4.69) is 294 Å². The van der Waals surface area contributed by atoms with Gasteiger partial charge in [0.1, 0.15) is 11.6 Å². The van der Waals surface area contributed by atoms with E-state index in [1.807, 2.05) is 0 Å². The molecule has 13 rings (SSSR count). The lowest BCUT2D eigenvalue weighted by Crippen LogP contribution is -2.17. The van der Waals surface area contributed by atoms with Crippen LogP contribution in [0.2, 0.25) is 0 Å². The van der Waals surface area contributed by atoms with Crippen LogP contribution in [0, 0.1) is 13.8 Å². The Morgan fingerprint density at radius 3 is 1.09 bits per heavy atom. The predicted molar refractivity (Wildman–Crippen MR) is 322 cm³/mol. The van der Waals surface area contributed by atoms with Crippen LogP contribution in [0.4, 0.5) is 34.4 Å². The standard InChI is InChI=1S/C72H58N4/c1-47-13-11-17-55(41-47)75(69-39-31-53-15-7-9-19-67(53)73-69)57-33-37-61-59-35-29-51(43-63(59)71(3,4)65(61)45-57)27-25-49-21-23-50(24-22-49)26-28-52-30-36-60-62-38-34-58(46-66(62)72(5,6)64(60)44-52)76(56-18-12-14-48(2)42-56)70-40-32-54-16-8-10-20-68(54)74-70/h7-46H,1-6H3. The maximum absolute atomic E-state index is 5.17. The Hall–Kier alpha value is -9.12. The second-order valence-corrected chi connectivity index (χ2v) is 21.7. The summed E-state index contributed by atoms with van der Waals surface area (Å²) < 4.78 is 0. The fraction of sp³-hybridized carbons (Fsp3) is 0.111. The zero-order valence-electron chi connectivity index (χ0n) is 43.9. The normalized spacial score (nSPS) is 13.8. The van der Waals surface area contributed by atoms with Crippen molar-refractivity contribution in [1.82, 2.24) is 9.97 Å².